The van der Waals surface area contributed by atoms with Crippen LogP contribution in [0.15, 0.2) is 54.7 Å². The predicted octanol–water partition coefficient (Wildman–Crippen LogP) is 4.66. The summed E-state index contributed by atoms with van der Waals surface area (Å²) in [5, 5.41) is 4.12. The second-order valence-corrected chi connectivity index (χ2v) is 5.81. The standard InChI is InChI=1S/C18H18ClN3/c1-13-4-3-5-14(10-13)11-20-18-21-12-17(22(18)2)15-6-8-16(19)9-7-15/h3-10,12H,11H2,1-2H3,(H,20,21). The van der Waals surface area contributed by atoms with Crippen LogP contribution >= 0.6 is 11.6 Å². The first kappa shape index (κ1) is 14.7. The SMILES string of the molecule is Cc1cccc(CNc2ncc(-c3ccc(Cl)cc3)n2C)c1. The largest absolute Gasteiger partial charge is 0.352 e. The maximum atomic E-state index is 5.94. The number of hydrogen-bond donors (Lipinski definition) is 1. The first-order chi connectivity index (χ1) is 10.6. The van der Waals surface area contributed by atoms with Crippen LogP contribution in [-0.4, -0.2) is 9.55 Å². The molecule has 0 unspecified atom stereocenters. The van der Waals surface area contributed by atoms with Crippen LogP contribution in [0, 0.1) is 6.92 Å². The molecular weight excluding hydrogens is 294 g/mol. The zero-order valence-electron chi connectivity index (χ0n) is 12.7. The van der Waals surface area contributed by atoms with E-state index in [1.54, 1.807) is 0 Å². The van der Waals surface area contributed by atoms with Crippen molar-refractivity contribution in [1.29, 1.82) is 0 Å². The van der Waals surface area contributed by atoms with E-state index in [1.807, 2.05) is 37.5 Å². The van der Waals surface area contributed by atoms with Gasteiger partial charge in [-0.1, -0.05) is 53.6 Å². The minimum atomic E-state index is 0.740. The lowest BCUT2D eigenvalue weighted by molar-refractivity contribution is 0.906. The van der Waals surface area contributed by atoms with Crippen molar-refractivity contribution in [3.63, 3.8) is 0 Å². The van der Waals surface area contributed by atoms with Gasteiger partial charge in [-0.15, -0.1) is 0 Å². The summed E-state index contributed by atoms with van der Waals surface area (Å²) in [5.74, 6) is 0.853. The molecule has 0 aliphatic rings. The van der Waals surface area contributed by atoms with Gasteiger partial charge in [-0.25, -0.2) is 4.98 Å². The number of hydrogen-bond acceptors (Lipinski definition) is 2. The van der Waals surface area contributed by atoms with Crippen LogP contribution in [0.4, 0.5) is 5.95 Å². The molecule has 0 spiro atoms. The Kier molecular flexibility index (Phi) is 4.16. The molecule has 0 atom stereocenters. The van der Waals surface area contributed by atoms with Crippen molar-refractivity contribution in [3.8, 4) is 11.3 Å². The van der Waals surface area contributed by atoms with Gasteiger partial charge in [0, 0.05) is 18.6 Å². The molecule has 0 fully saturated rings. The molecular formula is C18H18ClN3. The average molecular weight is 312 g/mol. The van der Waals surface area contributed by atoms with E-state index in [0.29, 0.717) is 0 Å². The smallest absolute Gasteiger partial charge is 0.203 e. The van der Waals surface area contributed by atoms with Crippen LogP contribution in [0.5, 0.6) is 0 Å². The topological polar surface area (TPSA) is 29.9 Å². The molecule has 3 aromatic rings. The number of anilines is 1. The van der Waals surface area contributed by atoms with Crippen LogP contribution in [0.2, 0.25) is 5.02 Å². The van der Waals surface area contributed by atoms with E-state index in [4.69, 9.17) is 11.6 Å². The quantitative estimate of drug-likeness (QED) is 0.759. The van der Waals surface area contributed by atoms with E-state index >= 15 is 0 Å². The fraction of sp³-hybridized carbons (Fsp3) is 0.167. The van der Waals surface area contributed by atoms with Crippen molar-refractivity contribution in [2.24, 2.45) is 7.05 Å². The van der Waals surface area contributed by atoms with Crippen molar-refractivity contribution in [2.75, 3.05) is 5.32 Å². The third-order valence-corrected chi connectivity index (χ3v) is 3.91. The number of aryl methyl sites for hydroxylation is 1. The molecule has 22 heavy (non-hydrogen) atoms. The summed E-state index contributed by atoms with van der Waals surface area (Å²) in [7, 11) is 2.01. The highest BCUT2D eigenvalue weighted by Crippen LogP contribution is 2.23. The van der Waals surface area contributed by atoms with Gasteiger partial charge in [-0.2, -0.15) is 0 Å². The highest BCUT2D eigenvalue weighted by molar-refractivity contribution is 6.30. The van der Waals surface area contributed by atoms with Crippen LogP contribution in [0.25, 0.3) is 11.3 Å². The van der Waals surface area contributed by atoms with Crippen molar-refractivity contribution >= 4 is 17.5 Å². The number of nitrogens with zero attached hydrogens (tertiary/aromatic N) is 2. The first-order valence-electron chi connectivity index (χ1n) is 7.20. The molecule has 1 aromatic heterocycles. The molecule has 3 rings (SSSR count). The van der Waals surface area contributed by atoms with Crippen molar-refractivity contribution in [3.05, 3.63) is 70.9 Å². The normalized spacial score (nSPS) is 10.7. The molecule has 4 heteroatoms. The van der Waals surface area contributed by atoms with Crippen molar-refractivity contribution in [2.45, 2.75) is 13.5 Å². The molecule has 0 aliphatic heterocycles. The highest BCUT2D eigenvalue weighted by atomic mass is 35.5. The number of halogens is 1. The molecule has 1 N–H and O–H groups in total. The van der Waals surface area contributed by atoms with Gasteiger partial charge in [0.05, 0.1) is 11.9 Å². The van der Waals surface area contributed by atoms with E-state index in [-0.39, 0.29) is 0 Å². The van der Waals surface area contributed by atoms with Gasteiger partial charge < -0.3 is 9.88 Å². The van der Waals surface area contributed by atoms with E-state index in [0.717, 1.165) is 28.8 Å². The summed E-state index contributed by atoms with van der Waals surface area (Å²) >= 11 is 5.94. The zero-order valence-corrected chi connectivity index (χ0v) is 13.4. The summed E-state index contributed by atoms with van der Waals surface area (Å²) in [5.41, 5.74) is 4.67. The van der Waals surface area contributed by atoms with Crippen LogP contribution in [-0.2, 0) is 13.6 Å². The van der Waals surface area contributed by atoms with Crippen molar-refractivity contribution in [1.82, 2.24) is 9.55 Å². The van der Waals surface area contributed by atoms with Gasteiger partial charge in [0.1, 0.15) is 0 Å². The molecule has 1 heterocycles. The number of nitrogens with one attached hydrogen (secondary N) is 1. The molecule has 0 amide bonds. The minimum absolute atomic E-state index is 0.740. The average Bonchev–Trinajstić information content (AvgIpc) is 2.87. The molecule has 2 aromatic carbocycles. The first-order valence-corrected chi connectivity index (χ1v) is 7.58. The molecule has 3 nitrogen and oxygen atoms in total. The second kappa shape index (κ2) is 6.24. The van der Waals surface area contributed by atoms with Gasteiger partial charge in [-0.05, 0) is 30.2 Å². The Balaban J connectivity index is 1.77. The summed E-state index contributed by atoms with van der Waals surface area (Å²) in [4.78, 5) is 4.47. The summed E-state index contributed by atoms with van der Waals surface area (Å²) in [6, 6.07) is 16.3. The summed E-state index contributed by atoms with van der Waals surface area (Å²) < 4.78 is 2.05. The Morgan fingerprint density at radius 3 is 2.64 bits per heavy atom. The minimum Gasteiger partial charge on any atom is -0.352 e. The molecule has 0 saturated carbocycles. The lowest BCUT2D eigenvalue weighted by Crippen LogP contribution is -2.05. The van der Waals surface area contributed by atoms with Gasteiger partial charge in [0.2, 0.25) is 5.95 Å². The molecule has 0 bridgehead atoms. The lowest BCUT2D eigenvalue weighted by Gasteiger charge is -2.09. The highest BCUT2D eigenvalue weighted by Gasteiger charge is 2.08. The lowest BCUT2D eigenvalue weighted by atomic mass is 10.1. The van der Waals surface area contributed by atoms with Crippen LogP contribution in [0.1, 0.15) is 11.1 Å². The Morgan fingerprint density at radius 1 is 1.14 bits per heavy atom. The number of imidazole rings is 1. The van der Waals surface area contributed by atoms with E-state index < -0.39 is 0 Å². The van der Waals surface area contributed by atoms with Crippen LogP contribution in [0.3, 0.4) is 0 Å². The summed E-state index contributed by atoms with van der Waals surface area (Å²) in [6.07, 6.45) is 1.88. The number of aromatic nitrogens is 2. The van der Waals surface area contributed by atoms with Crippen LogP contribution < -0.4 is 5.32 Å². The Labute approximate surface area is 135 Å². The Bertz CT molecular complexity index is 775. The van der Waals surface area contributed by atoms with Crippen molar-refractivity contribution < 1.29 is 0 Å². The molecule has 0 aliphatic carbocycles. The fourth-order valence-electron chi connectivity index (χ4n) is 2.47. The maximum absolute atomic E-state index is 5.94. The molecule has 0 saturated heterocycles. The van der Waals surface area contributed by atoms with Gasteiger partial charge >= 0.3 is 0 Å². The van der Waals surface area contributed by atoms with Gasteiger partial charge in [0.25, 0.3) is 0 Å². The third-order valence-electron chi connectivity index (χ3n) is 3.66. The predicted molar refractivity (Wildman–Crippen MR) is 92.2 cm³/mol. The maximum Gasteiger partial charge on any atom is 0.203 e. The monoisotopic (exact) mass is 311 g/mol. The van der Waals surface area contributed by atoms with E-state index in [1.165, 1.54) is 11.1 Å². The van der Waals surface area contributed by atoms with E-state index in [9.17, 15) is 0 Å². The Hall–Kier alpha value is -2.26. The third kappa shape index (κ3) is 3.15. The second-order valence-electron chi connectivity index (χ2n) is 5.38. The molecule has 112 valence electrons. The fourth-order valence-corrected chi connectivity index (χ4v) is 2.59. The Morgan fingerprint density at radius 2 is 1.91 bits per heavy atom. The van der Waals surface area contributed by atoms with Gasteiger partial charge in [0.15, 0.2) is 0 Å². The molecule has 0 radical (unpaired) electrons. The van der Waals surface area contributed by atoms with Gasteiger partial charge in [-0.3, -0.25) is 0 Å². The number of benzene rings is 2. The summed E-state index contributed by atoms with van der Waals surface area (Å²) in [6.45, 7) is 2.86. The number of rotatable bonds is 4. The zero-order chi connectivity index (χ0) is 15.5. The van der Waals surface area contributed by atoms with E-state index in [2.05, 4.69) is 46.1 Å².